The molecule has 0 aliphatic carbocycles. The average molecular weight is 310 g/mol. The maximum absolute atomic E-state index is 9.01. The number of fused-ring (bicyclic) bond motifs is 1. The summed E-state index contributed by atoms with van der Waals surface area (Å²) in [7, 11) is 0. The van der Waals surface area contributed by atoms with Crippen LogP contribution in [0.1, 0.15) is 16.7 Å². The van der Waals surface area contributed by atoms with Gasteiger partial charge >= 0.3 is 0 Å². The zero-order valence-corrected chi connectivity index (χ0v) is 13.7. The Hall–Kier alpha value is -3.05. The highest BCUT2D eigenvalue weighted by Gasteiger charge is 2.19. The highest BCUT2D eigenvalue weighted by molar-refractivity contribution is 5.74. The largest absolute Gasteiger partial charge is 0.341 e. The van der Waals surface area contributed by atoms with Crippen molar-refractivity contribution in [1.82, 2.24) is 0 Å². The van der Waals surface area contributed by atoms with Crippen LogP contribution in [0.2, 0.25) is 0 Å². The molecular formula is C22H18N2. The summed E-state index contributed by atoms with van der Waals surface area (Å²) < 4.78 is 0. The lowest BCUT2D eigenvalue weighted by Crippen LogP contribution is -2.12. The number of nitrogens with zero attached hydrogens (tertiary/aromatic N) is 2. The summed E-state index contributed by atoms with van der Waals surface area (Å²) in [4.78, 5) is 2.38. The number of benzene rings is 3. The van der Waals surface area contributed by atoms with Crippen molar-refractivity contribution in [3.63, 3.8) is 0 Å². The van der Waals surface area contributed by atoms with Crippen molar-refractivity contribution in [3.05, 3.63) is 83.4 Å². The molecule has 2 nitrogen and oxygen atoms in total. The minimum Gasteiger partial charge on any atom is -0.341 e. The lowest BCUT2D eigenvalue weighted by Gasteiger charge is -2.20. The van der Waals surface area contributed by atoms with E-state index in [-0.39, 0.29) is 0 Å². The Kier molecular flexibility index (Phi) is 3.55. The van der Waals surface area contributed by atoms with Gasteiger partial charge in [0.05, 0.1) is 11.6 Å². The normalized spacial score (nSPS) is 12.8. The zero-order chi connectivity index (χ0) is 16.5. The Morgan fingerprint density at radius 2 is 1.75 bits per heavy atom. The second-order valence-corrected chi connectivity index (χ2v) is 6.22. The van der Waals surface area contributed by atoms with Gasteiger partial charge in [-0.1, -0.05) is 36.4 Å². The highest BCUT2D eigenvalue weighted by Crippen LogP contribution is 2.35. The van der Waals surface area contributed by atoms with E-state index in [9.17, 15) is 0 Å². The summed E-state index contributed by atoms with van der Waals surface area (Å²) in [6.45, 7) is 3.09. The average Bonchev–Trinajstić information content (AvgIpc) is 3.06. The van der Waals surface area contributed by atoms with Crippen LogP contribution in [0.4, 0.5) is 11.4 Å². The quantitative estimate of drug-likeness (QED) is 0.648. The van der Waals surface area contributed by atoms with E-state index in [0.717, 1.165) is 18.5 Å². The molecule has 0 aromatic heterocycles. The van der Waals surface area contributed by atoms with Crippen LogP contribution in [0.3, 0.4) is 0 Å². The lowest BCUT2D eigenvalue weighted by molar-refractivity contribution is 0.998. The third kappa shape index (κ3) is 2.45. The van der Waals surface area contributed by atoms with Crippen LogP contribution in [-0.4, -0.2) is 6.54 Å². The van der Waals surface area contributed by atoms with Crippen molar-refractivity contribution in [2.24, 2.45) is 0 Å². The van der Waals surface area contributed by atoms with Gasteiger partial charge in [0.2, 0.25) is 0 Å². The first kappa shape index (κ1) is 14.5. The third-order valence-electron chi connectivity index (χ3n) is 4.73. The Morgan fingerprint density at radius 3 is 2.50 bits per heavy atom. The van der Waals surface area contributed by atoms with Crippen LogP contribution in [0.25, 0.3) is 11.1 Å². The lowest BCUT2D eigenvalue weighted by atomic mass is 9.98. The van der Waals surface area contributed by atoms with E-state index in [1.165, 1.54) is 28.1 Å². The number of aryl methyl sites for hydroxylation is 1. The summed E-state index contributed by atoms with van der Waals surface area (Å²) >= 11 is 0. The molecule has 0 amide bonds. The number of hydrogen-bond acceptors (Lipinski definition) is 2. The monoisotopic (exact) mass is 310 g/mol. The van der Waals surface area contributed by atoms with Gasteiger partial charge in [0.25, 0.3) is 0 Å². The predicted octanol–water partition coefficient (Wildman–Crippen LogP) is 5.23. The van der Waals surface area contributed by atoms with Crippen LogP contribution in [0.15, 0.2) is 66.7 Å². The molecule has 0 unspecified atom stereocenters. The molecule has 4 rings (SSSR count). The number of nitriles is 1. The van der Waals surface area contributed by atoms with Crippen LogP contribution < -0.4 is 4.90 Å². The minimum atomic E-state index is 0.710. The van der Waals surface area contributed by atoms with Gasteiger partial charge in [-0.2, -0.15) is 5.26 Å². The van der Waals surface area contributed by atoms with E-state index in [4.69, 9.17) is 5.26 Å². The zero-order valence-electron chi connectivity index (χ0n) is 13.7. The Labute approximate surface area is 142 Å². The molecule has 24 heavy (non-hydrogen) atoms. The van der Waals surface area contributed by atoms with E-state index < -0.39 is 0 Å². The number of hydrogen-bond donors (Lipinski definition) is 0. The summed E-state index contributed by atoms with van der Waals surface area (Å²) in [5.41, 5.74) is 8.18. The van der Waals surface area contributed by atoms with Crippen molar-refractivity contribution < 1.29 is 0 Å². The highest BCUT2D eigenvalue weighted by atomic mass is 15.2. The predicted molar refractivity (Wildman–Crippen MR) is 98.5 cm³/mol. The molecule has 1 aliphatic heterocycles. The van der Waals surface area contributed by atoms with Gasteiger partial charge in [0.15, 0.2) is 0 Å². The van der Waals surface area contributed by atoms with Gasteiger partial charge in [0.1, 0.15) is 0 Å². The third-order valence-corrected chi connectivity index (χ3v) is 4.73. The molecule has 0 saturated carbocycles. The smallest absolute Gasteiger partial charge is 0.0991 e. The second-order valence-electron chi connectivity index (χ2n) is 6.22. The number of para-hydroxylation sites is 1. The molecule has 0 radical (unpaired) electrons. The van der Waals surface area contributed by atoms with E-state index in [1.54, 1.807) is 0 Å². The molecule has 3 aromatic carbocycles. The molecule has 0 saturated heterocycles. The SMILES string of the molecule is Cc1cc(C#N)ccc1-c1ccc(N2CCc3ccccc32)cc1. The Morgan fingerprint density at radius 1 is 0.958 bits per heavy atom. The topological polar surface area (TPSA) is 27.0 Å². The maximum atomic E-state index is 9.01. The van der Waals surface area contributed by atoms with Crippen molar-refractivity contribution in [2.45, 2.75) is 13.3 Å². The number of anilines is 2. The van der Waals surface area contributed by atoms with E-state index in [1.807, 2.05) is 18.2 Å². The summed E-state index contributed by atoms with van der Waals surface area (Å²) in [5, 5.41) is 9.01. The van der Waals surface area contributed by atoms with Gasteiger partial charge in [-0.05, 0) is 65.9 Å². The fourth-order valence-electron chi connectivity index (χ4n) is 3.48. The standard InChI is InChI=1S/C22H18N2/c1-16-14-17(15-23)6-11-21(16)18-7-9-20(10-8-18)24-13-12-19-4-2-3-5-22(19)24/h2-11,14H,12-13H2,1H3. The van der Waals surface area contributed by atoms with E-state index >= 15 is 0 Å². The van der Waals surface area contributed by atoms with Crippen molar-refractivity contribution >= 4 is 11.4 Å². The van der Waals surface area contributed by atoms with Crippen LogP contribution in [-0.2, 0) is 6.42 Å². The van der Waals surface area contributed by atoms with Crippen molar-refractivity contribution in [3.8, 4) is 17.2 Å². The molecule has 0 spiro atoms. The van der Waals surface area contributed by atoms with Gasteiger partial charge in [-0.15, -0.1) is 0 Å². The second kappa shape index (κ2) is 5.86. The molecule has 0 bridgehead atoms. The summed E-state index contributed by atoms with van der Waals surface area (Å²) in [5.74, 6) is 0. The fraction of sp³-hybridized carbons (Fsp3) is 0.136. The number of rotatable bonds is 2. The molecule has 1 heterocycles. The molecule has 3 aromatic rings. The first-order valence-electron chi connectivity index (χ1n) is 8.23. The van der Waals surface area contributed by atoms with Gasteiger partial charge in [-0.3, -0.25) is 0 Å². The molecule has 1 aliphatic rings. The molecule has 0 atom stereocenters. The van der Waals surface area contributed by atoms with Crippen molar-refractivity contribution in [1.29, 1.82) is 5.26 Å². The van der Waals surface area contributed by atoms with Crippen molar-refractivity contribution in [2.75, 3.05) is 11.4 Å². The van der Waals surface area contributed by atoms with Gasteiger partial charge in [0, 0.05) is 17.9 Å². The maximum Gasteiger partial charge on any atom is 0.0991 e. The van der Waals surface area contributed by atoms with Gasteiger partial charge < -0.3 is 4.90 Å². The van der Waals surface area contributed by atoms with Crippen LogP contribution >= 0.6 is 0 Å². The summed E-state index contributed by atoms with van der Waals surface area (Å²) in [6.07, 6.45) is 1.10. The Balaban J connectivity index is 1.66. The minimum absolute atomic E-state index is 0.710. The molecule has 0 fully saturated rings. The molecule has 116 valence electrons. The fourth-order valence-corrected chi connectivity index (χ4v) is 3.48. The molecular weight excluding hydrogens is 292 g/mol. The van der Waals surface area contributed by atoms with Gasteiger partial charge in [-0.25, -0.2) is 0 Å². The molecule has 0 N–H and O–H groups in total. The Bertz CT molecular complexity index is 933. The van der Waals surface area contributed by atoms with E-state index in [2.05, 4.69) is 66.4 Å². The van der Waals surface area contributed by atoms with Crippen LogP contribution in [0.5, 0.6) is 0 Å². The summed E-state index contributed by atoms with van der Waals surface area (Å²) in [6, 6.07) is 25.4. The first-order valence-corrected chi connectivity index (χ1v) is 8.23. The first-order chi connectivity index (χ1) is 11.8. The van der Waals surface area contributed by atoms with E-state index in [0.29, 0.717) is 5.56 Å². The molecule has 2 heteroatoms. The van der Waals surface area contributed by atoms with Crippen LogP contribution in [0, 0.1) is 18.3 Å².